The van der Waals surface area contributed by atoms with Crippen molar-refractivity contribution in [3.8, 4) is 0 Å². The standard InChI is InChI=1S/C16H40N6/c1-2-8-19-11-5-13-21-14-6-12-20-9-3-4-10-22-15-7-16(17)18/h16,19-22H,2-15,17-18H2,1H3. The van der Waals surface area contributed by atoms with E-state index in [0.717, 1.165) is 58.8 Å². The van der Waals surface area contributed by atoms with Crippen LogP contribution in [-0.2, 0) is 0 Å². The largest absolute Gasteiger partial charge is 0.317 e. The molecule has 0 amide bonds. The summed E-state index contributed by atoms with van der Waals surface area (Å²) in [5.74, 6) is 0. The van der Waals surface area contributed by atoms with Gasteiger partial charge in [-0.2, -0.15) is 0 Å². The average Bonchev–Trinajstić information content (AvgIpc) is 2.50. The van der Waals surface area contributed by atoms with Crippen molar-refractivity contribution in [1.82, 2.24) is 21.3 Å². The van der Waals surface area contributed by atoms with Crippen LogP contribution in [0.2, 0.25) is 0 Å². The van der Waals surface area contributed by atoms with Crippen molar-refractivity contribution in [3.63, 3.8) is 0 Å². The van der Waals surface area contributed by atoms with Crippen molar-refractivity contribution in [2.75, 3.05) is 52.4 Å². The van der Waals surface area contributed by atoms with E-state index in [1.165, 1.54) is 32.1 Å². The summed E-state index contributed by atoms with van der Waals surface area (Å²) in [6.07, 6.45) is 6.73. The molecular formula is C16H40N6. The lowest BCUT2D eigenvalue weighted by atomic mass is 10.3. The first-order chi connectivity index (χ1) is 10.8. The van der Waals surface area contributed by atoms with Gasteiger partial charge in [-0.15, -0.1) is 0 Å². The van der Waals surface area contributed by atoms with Crippen molar-refractivity contribution in [2.24, 2.45) is 11.5 Å². The summed E-state index contributed by atoms with van der Waals surface area (Å²) in [5.41, 5.74) is 11.0. The third-order valence-corrected chi connectivity index (χ3v) is 3.45. The van der Waals surface area contributed by atoms with Crippen molar-refractivity contribution in [3.05, 3.63) is 0 Å². The van der Waals surface area contributed by atoms with Gasteiger partial charge in [0.25, 0.3) is 0 Å². The molecule has 22 heavy (non-hydrogen) atoms. The lowest BCUT2D eigenvalue weighted by molar-refractivity contribution is 0.534. The molecule has 0 aromatic heterocycles. The highest BCUT2D eigenvalue weighted by molar-refractivity contribution is 4.57. The van der Waals surface area contributed by atoms with E-state index in [0.29, 0.717) is 0 Å². The van der Waals surface area contributed by atoms with Crippen LogP contribution in [0.15, 0.2) is 0 Å². The number of nitrogens with one attached hydrogen (secondary N) is 4. The lowest BCUT2D eigenvalue weighted by Crippen LogP contribution is -2.34. The minimum Gasteiger partial charge on any atom is -0.317 e. The van der Waals surface area contributed by atoms with Gasteiger partial charge in [-0.3, -0.25) is 0 Å². The van der Waals surface area contributed by atoms with Gasteiger partial charge < -0.3 is 32.7 Å². The van der Waals surface area contributed by atoms with Crippen molar-refractivity contribution in [1.29, 1.82) is 0 Å². The Bertz CT molecular complexity index is 201. The smallest absolute Gasteiger partial charge is 0.0533 e. The molecule has 134 valence electrons. The van der Waals surface area contributed by atoms with E-state index >= 15 is 0 Å². The van der Waals surface area contributed by atoms with Crippen LogP contribution < -0.4 is 32.7 Å². The summed E-state index contributed by atoms with van der Waals surface area (Å²) in [6.45, 7) is 10.9. The van der Waals surface area contributed by atoms with Crippen molar-refractivity contribution < 1.29 is 0 Å². The van der Waals surface area contributed by atoms with E-state index in [1.54, 1.807) is 0 Å². The first kappa shape index (κ1) is 21.8. The quantitative estimate of drug-likeness (QED) is 0.157. The molecular weight excluding hydrogens is 276 g/mol. The van der Waals surface area contributed by atoms with Crippen LogP contribution in [-0.4, -0.2) is 58.5 Å². The summed E-state index contributed by atoms with van der Waals surface area (Å²) < 4.78 is 0. The van der Waals surface area contributed by atoms with Gasteiger partial charge in [0.05, 0.1) is 6.17 Å². The van der Waals surface area contributed by atoms with Crippen molar-refractivity contribution >= 4 is 0 Å². The highest BCUT2D eigenvalue weighted by Crippen LogP contribution is 1.86. The van der Waals surface area contributed by atoms with E-state index in [9.17, 15) is 0 Å². The molecule has 0 heterocycles. The third kappa shape index (κ3) is 19.8. The Morgan fingerprint density at radius 3 is 1.45 bits per heavy atom. The van der Waals surface area contributed by atoms with Gasteiger partial charge in [-0.1, -0.05) is 6.92 Å². The molecule has 0 aromatic carbocycles. The molecule has 6 heteroatoms. The number of unbranched alkanes of at least 4 members (excludes halogenated alkanes) is 1. The predicted octanol–water partition coefficient (Wildman–Crippen LogP) is -0.0512. The minimum atomic E-state index is -0.185. The molecule has 0 spiro atoms. The van der Waals surface area contributed by atoms with E-state index < -0.39 is 0 Å². The zero-order valence-electron chi connectivity index (χ0n) is 14.6. The van der Waals surface area contributed by atoms with E-state index in [1.807, 2.05) is 0 Å². The minimum absolute atomic E-state index is 0.185. The summed E-state index contributed by atoms with van der Waals surface area (Å²) >= 11 is 0. The van der Waals surface area contributed by atoms with Crippen LogP contribution in [0.4, 0.5) is 0 Å². The van der Waals surface area contributed by atoms with Gasteiger partial charge in [-0.05, 0) is 90.9 Å². The fourth-order valence-electron chi connectivity index (χ4n) is 2.12. The van der Waals surface area contributed by atoms with Crippen LogP contribution in [0.1, 0.15) is 45.4 Å². The topological polar surface area (TPSA) is 100 Å². The molecule has 0 aromatic rings. The Morgan fingerprint density at radius 1 is 0.591 bits per heavy atom. The van der Waals surface area contributed by atoms with Crippen LogP contribution in [0.5, 0.6) is 0 Å². The summed E-state index contributed by atoms with van der Waals surface area (Å²) in [4.78, 5) is 0. The maximum absolute atomic E-state index is 5.48. The van der Waals surface area contributed by atoms with Gasteiger partial charge in [0.2, 0.25) is 0 Å². The van der Waals surface area contributed by atoms with Gasteiger partial charge in [0, 0.05) is 0 Å². The van der Waals surface area contributed by atoms with Crippen LogP contribution in [0, 0.1) is 0 Å². The zero-order chi connectivity index (χ0) is 16.3. The molecule has 0 saturated heterocycles. The number of hydrogen-bond donors (Lipinski definition) is 6. The second-order valence-corrected chi connectivity index (χ2v) is 5.87. The molecule has 0 rings (SSSR count). The third-order valence-electron chi connectivity index (χ3n) is 3.45. The first-order valence-electron chi connectivity index (χ1n) is 9.11. The van der Waals surface area contributed by atoms with Crippen LogP contribution in [0.3, 0.4) is 0 Å². The monoisotopic (exact) mass is 316 g/mol. The van der Waals surface area contributed by atoms with Gasteiger partial charge in [0.1, 0.15) is 0 Å². The molecule has 0 unspecified atom stereocenters. The molecule has 0 aliphatic heterocycles. The molecule has 8 N–H and O–H groups in total. The predicted molar refractivity (Wildman–Crippen MR) is 97.0 cm³/mol. The maximum atomic E-state index is 5.48. The Morgan fingerprint density at radius 2 is 1.00 bits per heavy atom. The molecule has 6 nitrogen and oxygen atoms in total. The molecule has 0 fully saturated rings. The second-order valence-electron chi connectivity index (χ2n) is 5.87. The lowest BCUT2D eigenvalue weighted by Gasteiger charge is -2.08. The highest BCUT2D eigenvalue weighted by atomic mass is 14.9. The average molecular weight is 317 g/mol. The fraction of sp³-hybridized carbons (Fsp3) is 1.00. The maximum Gasteiger partial charge on any atom is 0.0533 e. The fourth-order valence-corrected chi connectivity index (χ4v) is 2.12. The molecule has 0 saturated carbocycles. The number of rotatable bonds is 18. The van der Waals surface area contributed by atoms with E-state index in [2.05, 4.69) is 28.2 Å². The number of nitrogens with two attached hydrogens (primary N) is 2. The van der Waals surface area contributed by atoms with Crippen LogP contribution >= 0.6 is 0 Å². The summed E-state index contributed by atoms with van der Waals surface area (Å²) in [5, 5.41) is 13.8. The Labute approximate surface area is 137 Å². The summed E-state index contributed by atoms with van der Waals surface area (Å²) in [7, 11) is 0. The van der Waals surface area contributed by atoms with Gasteiger partial charge in [-0.25, -0.2) is 0 Å². The molecule has 0 aliphatic carbocycles. The van der Waals surface area contributed by atoms with Gasteiger partial charge >= 0.3 is 0 Å². The summed E-state index contributed by atoms with van der Waals surface area (Å²) in [6, 6.07) is 0. The Hall–Kier alpha value is -0.240. The Kier molecular flexibility index (Phi) is 18.6. The highest BCUT2D eigenvalue weighted by Gasteiger charge is 1.94. The molecule has 0 bridgehead atoms. The first-order valence-corrected chi connectivity index (χ1v) is 9.11. The van der Waals surface area contributed by atoms with E-state index in [4.69, 9.17) is 11.5 Å². The second kappa shape index (κ2) is 18.8. The van der Waals surface area contributed by atoms with E-state index in [-0.39, 0.29) is 6.17 Å². The molecule has 0 radical (unpaired) electrons. The zero-order valence-corrected chi connectivity index (χ0v) is 14.6. The number of hydrogen-bond acceptors (Lipinski definition) is 6. The Balaban J connectivity index is 2.94. The van der Waals surface area contributed by atoms with Crippen molar-refractivity contribution in [2.45, 2.75) is 51.6 Å². The molecule has 0 atom stereocenters. The normalized spacial score (nSPS) is 11.5. The van der Waals surface area contributed by atoms with Crippen LogP contribution in [0.25, 0.3) is 0 Å². The van der Waals surface area contributed by atoms with Gasteiger partial charge in [0.15, 0.2) is 0 Å². The molecule has 0 aliphatic rings. The SMILES string of the molecule is CCCNCCCNCCCNCCCCNCCC(N)N.